The molecule has 0 atom stereocenters. The van der Waals surface area contributed by atoms with Crippen molar-refractivity contribution in [3.63, 3.8) is 0 Å². The third kappa shape index (κ3) is 3.84. The van der Waals surface area contributed by atoms with Gasteiger partial charge in [0.05, 0.1) is 0 Å². The quantitative estimate of drug-likeness (QED) is 0.698. The first-order valence-electron chi connectivity index (χ1n) is 5.81. The number of rotatable bonds is 4. The molecular weight excluding hydrogens is 423 g/mol. The molecule has 0 fully saturated rings. The van der Waals surface area contributed by atoms with Crippen LogP contribution < -0.4 is 5.32 Å². The number of hydrogen-bond acceptors (Lipinski definition) is 3. The van der Waals surface area contributed by atoms with Crippen LogP contribution in [0.15, 0.2) is 36.1 Å². The van der Waals surface area contributed by atoms with Crippen molar-refractivity contribution in [1.82, 2.24) is 20.5 Å². The van der Waals surface area contributed by atoms with Crippen molar-refractivity contribution < 1.29 is 24.1 Å². The van der Waals surface area contributed by atoms with Gasteiger partial charge < -0.3 is 0 Å². The summed E-state index contributed by atoms with van der Waals surface area (Å²) in [6.07, 6.45) is 5.12. The zero-order valence-electron chi connectivity index (χ0n) is 10.8. The number of carbonyl (C=O) groups is 1. The Morgan fingerprint density at radius 2 is 2.30 bits per heavy atom. The van der Waals surface area contributed by atoms with Crippen molar-refractivity contribution >= 4 is 23.9 Å². The van der Waals surface area contributed by atoms with E-state index in [-0.39, 0.29) is 5.91 Å². The Kier molecular flexibility index (Phi) is 4.80. The molecule has 0 aliphatic rings. The SMILES string of the molecule is [B]C(=Cc1cn[nH]c1)[C](=[W])NC(=O)c1cccc(C)n1. The Labute approximate surface area is 128 Å². The molecule has 0 bridgehead atoms. The van der Waals surface area contributed by atoms with E-state index in [1.165, 1.54) is 0 Å². The molecule has 2 radical (unpaired) electrons. The number of hydrogen-bond donors (Lipinski definition) is 2. The van der Waals surface area contributed by atoms with Crippen LogP contribution in [-0.2, 0) is 19.4 Å². The number of carbonyl (C=O) groups excluding carboxylic acids is 1. The van der Waals surface area contributed by atoms with Gasteiger partial charge in [-0.2, -0.15) is 0 Å². The summed E-state index contributed by atoms with van der Waals surface area (Å²) in [5.74, 6) is -0.262. The second-order valence-corrected chi connectivity index (χ2v) is 5.55. The van der Waals surface area contributed by atoms with Gasteiger partial charge in [0.15, 0.2) is 0 Å². The van der Waals surface area contributed by atoms with Crippen LogP contribution in [0.2, 0.25) is 0 Å². The van der Waals surface area contributed by atoms with E-state index >= 15 is 0 Å². The number of amides is 1. The number of aryl methyl sites for hydroxylation is 1. The summed E-state index contributed by atoms with van der Waals surface area (Å²) in [4.78, 5) is 16.2. The molecule has 5 nitrogen and oxygen atoms in total. The first-order chi connectivity index (χ1) is 9.56. The van der Waals surface area contributed by atoms with Crippen molar-refractivity contribution in [3.8, 4) is 0 Å². The van der Waals surface area contributed by atoms with Gasteiger partial charge in [-0.3, -0.25) is 0 Å². The zero-order valence-corrected chi connectivity index (χ0v) is 13.7. The van der Waals surface area contributed by atoms with Gasteiger partial charge in [-0.1, -0.05) is 0 Å². The molecule has 98 valence electrons. The minimum atomic E-state index is -0.262. The van der Waals surface area contributed by atoms with Gasteiger partial charge in [-0.15, -0.1) is 0 Å². The van der Waals surface area contributed by atoms with E-state index in [9.17, 15) is 4.79 Å². The summed E-state index contributed by atoms with van der Waals surface area (Å²) in [7, 11) is 5.93. The summed E-state index contributed by atoms with van der Waals surface area (Å²) >= 11 is 1.07. The van der Waals surface area contributed by atoms with Crippen LogP contribution in [0.4, 0.5) is 0 Å². The molecule has 2 aromatic rings. The fourth-order valence-corrected chi connectivity index (χ4v) is 2.04. The van der Waals surface area contributed by atoms with E-state index in [0.717, 1.165) is 30.6 Å². The topological polar surface area (TPSA) is 70.7 Å². The molecular formula is C13H11BN4OW. The predicted molar refractivity (Wildman–Crippen MR) is 73.8 cm³/mol. The minimum absolute atomic E-state index is 0.262. The second-order valence-electron chi connectivity index (χ2n) is 4.08. The molecule has 0 saturated heterocycles. The van der Waals surface area contributed by atoms with E-state index < -0.39 is 0 Å². The third-order valence-electron chi connectivity index (χ3n) is 2.45. The van der Waals surface area contributed by atoms with Crippen LogP contribution in [0, 0.1) is 6.92 Å². The molecule has 0 aliphatic carbocycles. The Bertz CT molecular complexity index is 667. The van der Waals surface area contributed by atoms with E-state index in [2.05, 4.69) is 20.5 Å². The van der Waals surface area contributed by atoms with Gasteiger partial charge in [-0.25, -0.2) is 0 Å². The first kappa shape index (κ1) is 14.6. The molecule has 0 spiro atoms. The Balaban J connectivity index is 2.06. The Morgan fingerprint density at radius 1 is 1.50 bits per heavy atom. The molecule has 0 saturated carbocycles. The monoisotopic (exact) mass is 434 g/mol. The maximum atomic E-state index is 12.0. The zero-order chi connectivity index (χ0) is 14.5. The summed E-state index contributed by atoms with van der Waals surface area (Å²) in [6.45, 7) is 1.84. The number of nitrogens with zero attached hydrogens (tertiary/aromatic N) is 2. The van der Waals surface area contributed by atoms with E-state index in [4.69, 9.17) is 7.85 Å². The molecule has 2 N–H and O–H groups in total. The second kappa shape index (κ2) is 6.57. The molecule has 20 heavy (non-hydrogen) atoms. The normalized spacial score (nSPS) is 11.2. The number of nitrogens with one attached hydrogen (secondary N) is 2. The van der Waals surface area contributed by atoms with Gasteiger partial charge in [0, 0.05) is 0 Å². The first-order valence-corrected chi connectivity index (χ1v) is 7.28. The number of aromatic nitrogens is 3. The maximum absolute atomic E-state index is 12.0. The van der Waals surface area contributed by atoms with Crippen molar-refractivity contribution in [3.05, 3.63) is 53.0 Å². The van der Waals surface area contributed by atoms with Gasteiger partial charge in [0.25, 0.3) is 0 Å². The molecule has 0 aromatic carbocycles. The number of aromatic amines is 1. The van der Waals surface area contributed by atoms with Crippen molar-refractivity contribution in [2.45, 2.75) is 6.92 Å². The van der Waals surface area contributed by atoms with E-state index in [1.807, 2.05) is 13.0 Å². The van der Waals surface area contributed by atoms with Gasteiger partial charge >= 0.3 is 128 Å². The van der Waals surface area contributed by atoms with E-state index in [1.54, 1.807) is 30.6 Å². The van der Waals surface area contributed by atoms with Crippen LogP contribution in [0.3, 0.4) is 0 Å². The fourth-order valence-electron chi connectivity index (χ4n) is 1.49. The molecule has 2 heterocycles. The average Bonchev–Trinajstić information content (AvgIpc) is 2.91. The molecule has 7 heteroatoms. The Hall–Kier alpha value is -1.81. The van der Waals surface area contributed by atoms with Crippen molar-refractivity contribution in [1.29, 1.82) is 0 Å². The standard InChI is InChI=1S/C13H11BN4O.W/c1-9-3-2-4-12(18-9)13(19)15-8-11(14)5-10-6-16-17-7-10;/h2-7H,1H3,(H,15,19)(H,16,17);. The molecule has 0 unspecified atom stereocenters. The summed E-state index contributed by atoms with van der Waals surface area (Å²) < 4.78 is 0.652. The molecule has 2 aromatic heterocycles. The van der Waals surface area contributed by atoms with Gasteiger partial charge in [-0.05, 0) is 0 Å². The number of H-pyrrole nitrogens is 1. The predicted octanol–water partition coefficient (Wildman–Crippen LogP) is 0.729. The summed E-state index contributed by atoms with van der Waals surface area (Å²) in [5.41, 5.74) is 2.52. The van der Waals surface area contributed by atoms with Crippen LogP contribution >= 0.6 is 0 Å². The van der Waals surface area contributed by atoms with Crippen LogP contribution in [0.5, 0.6) is 0 Å². The number of pyridine rings is 1. The van der Waals surface area contributed by atoms with Crippen molar-refractivity contribution in [2.75, 3.05) is 0 Å². The van der Waals surface area contributed by atoms with E-state index in [0.29, 0.717) is 15.2 Å². The average molecular weight is 434 g/mol. The summed E-state index contributed by atoms with van der Waals surface area (Å²) in [6, 6.07) is 5.30. The van der Waals surface area contributed by atoms with Gasteiger partial charge in [0.1, 0.15) is 0 Å². The summed E-state index contributed by atoms with van der Waals surface area (Å²) in [5, 5.41) is 9.29. The van der Waals surface area contributed by atoms with Crippen LogP contribution in [0.1, 0.15) is 21.7 Å². The molecule has 1 amide bonds. The molecule has 0 aliphatic heterocycles. The van der Waals surface area contributed by atoms with Crippen molar-refractivity contribution in [2.24, 2.45) is 0 Å². The van der Waals surface area contributed by atoms with Crippen LogP contribution in [0.25, 0.3) is 6.08 Å². The third-order valence-corrected chi connectivity index (χ3v) is 3.67. The van der Waals surface area contributed by atoms with Gasteiger partial charge in [0.2, 0.25) is 0 Å². The molecule has 2 rings (SSSR count). The van der Waals surface area contributed by atoms with Crippen LogP contribution in [-0.4, -0.2) is 33.0 Å². The fraction of sp³-hybridized carbons (Fsp3) is 0.0769. The Morgan fingerprint density at radius 3 is 2.95 bits per heavy atom.